The number of hydrogen-bond acceptors (Lipinski definition) is 0. The van der Waals surface area contributed by atoms with Gasteiger partial charge in [0.25, 0.3) is 0 Å². The average molecular weight is 168 g/mol. The van der Waals surface area contributed by atoms with Gasteiger partial charge in [-0.05, 0) is 31.6 Å². The Balaban J connectivity index is 3.50. The zero-order chi connectivity index (χ0) is 9.56. The smallest absolute Gasteiger partial charge is 0.0288 e. The zero-order valence-electron chi connectivity index (χ0n) is 9.35. The molecule has 0 atom stereocenters. The minimum Gasteiger partial charge on any atom is -0.0830 e. The van der Waals surface area contributed by atoms with E-state index in [2.05, 4.69) is 40.7 Å². The van der Waals surface area contributed by atoms with E-state index in [0.717, 1.165) is 5.92 Å². The minimum absolute atomic E-state index is 0.712. The van der Waals surface area contributed by atoms with E-state index in [1.807, 2.05) is 0 Å². The highest BCUT2D eigenvalue weighted by Gasteiger charge is 1.95. The highest BCUT2D eigenvalue weighted by atomic mass is 14.0. The lowest BCUT2D eigenvalue weighted by molar-refractivity contribution is 0.553. The van der Waals surface area contributed by atoms with Crippen LogP contribution >= 0.6 is 0 Å². The summed E-state index contributed by atoms with van der Waals surface area (Å²) in [6.07, 6.45) is 6.38. The second-order valence-electron chi connectivity index (χ2n) is 4.54. The molecule has 0 unspecified atom stereocenters. The molecule has 0 aliphatic heterocycles. The van der Waals surface area contributed by atoms with Gasteiger partial charge in [-0.1, -0.05) is 45.8 Å². The van der Waals surface area contributed by atoms with Crippen molar-refractivity contribution in [3.8, 4) is 0 Å². The third-order valence-corrected chi connectivity index (χ3v) is 1.97. The third kappa shape index (κ3) is 7.84. The molecule has 0 spiro atoms. The van der Waals surface area contributed by atoms with Gasteiger partial charge in [0, 0.05) is 0 Å². The molecule has 0 radical (unpaired) electrons. The summed E-state index contributed by atoms with van der Waals surface area (Å²) in [6.45, 7) is 11.3. The van der Waals surface area contributed by atoms with Crippen molar-refractivity contribution in [2.75, 3.05) is 0 Å². The maximum atomic E-state index is 2.38. The molecule has 0 aromatic rings. The summed E-state index contributed by atoms with van der Waals surface area (Å²) in [7, 11) is 0. The van der Waals surface area contributed by atoms with Crippen LogP contribution in [-0.4, -0.2) is 0 Å². The van der Waals surface area contributed by atoms with Gasteiger partial charge in [-0.15, -0.1) is 0 Å². The molecule has 0 heterocycles. The van der Waals surface area contributed by atoms with Crippen LogP contribution in [0.4, 0.5) is 0 Å². The molecule has 72 valence electrons. The molecule has 0 aromatic carbocycles. The van der Waals surface area contributed by atoms with Crippen molar-refractivity contribution in [3.63, 3.8) is 0 Å². The van der Waals surface area contributed by atoms with Gasteiger partial charge in [0.15, 0.2) is 0 Å². The van der Waals surface area contributed by atoms with Crippen LogP contribution in [0.15, 0.2) is 11.6 Å². The molecule has 0 amide bonds. The molecular weight excluding hydrogens is 144 g/mol. The van der Waals surface area contributed by atoms with Crippen LogP contribution in [0.1, 0.15) is 53.9 Å². The van der Waals surface area contributed by atoms with Gasteiger partial charge in [-0.25, -0.2) is 0 Å². The predicted octanol–water partition coefficient (Wildman–Crippen LogP) is 4.42. The fourth-order valence-electron chi connectivity index (χ4n) is 1.44. The van der Waals surface area contributed by atoms with Crippen molar-refractivity contribution >= 4 is 0 Å². The molecule has 0 bridgehead atoms. The lowest BCUT2D eigenvalue weighted by Crippen LogP contribution is -1.89. The predicted molar refractivity (Wildman–Crippen MR) is 57.3 cm³/mol. The van der Waals surface area contributed by atoms with E-state index >= 15 is 0 Å². The fourth-order valence-corrected chi connectivity index (χ4v) is 1.44. The van der Waals surface area contributed by atoms with Crippen molar-refractivity contribution in [2.45, 2.75) is 53.9 Å². The minimum atomic E-state index is 0.712. The Bertz CT molecular complexity index is 129. The Labute approximate surface area is 78.1 Å². The van der Waals surface area contributed by atoms with Crippen LogP contribution in [-0.2, 0) is 0 Å². The van der Waals surface area contributed by atoms with Crippen LogP contribution in [0.2, 0.25) is 0 Å². The number of allylic oxidation sites excluding steroid dienone is 2. The maximum absolute atomic E-state index is 2.38. The normalized spacial score (nSPS) is 13.1. The molecule has 0 rings (SSSR count). The van der Waals surface area contributed by atoms with E-state index in [4.69, 9.17) is 0 Å². The Morgan fingerprint density at radius 3 is 2.17 bits per heavy atom. The van der Waals surface area contributed by atoms with E-state index in [1.165, 1.54) is 19.3 Å². The van der Waals surface area contributed by atoms with Crippen molar-refractivity contribution < 1.29 is 0 Å². The summed E-state index contributed by atoms with van der Waals surface area (Å²) in [5.74, 6) is 1.57. The second-order valence-corrected chi connectivity index (χ2v) is 4.54. The Kier molecular flexibility index (Phi) is 6.14. The van der Waals surface area contributed by atoms with E-state index in [1.54, 1.807) is 5.57 Å². The molecule has 0 fully saturated rings. The first-order valence-electron chi connectivity index (χ1n) is 5.19. The van der Waals surface area contributed by atoms with Crippen LogP contribution in [0.5, 0.6) is 0 Å². The molecule has 0 heteroatoms. The monoisotopic (exact) mass is 168 g/mol. The summed E-state index contributed by atoms with van der Waals surface area (Å²) in [5, 5.41) is 0. The standard InChI is InChI=1S/C12H24/c1-10(2)7-6-8-12(5)9-11(3)4/h9-11H,6-8H2,1-5H3/b12-9+. The van der Waals surface area contributed by atoms with Crippen LogP contribution in [0.3, 0.4) is 0 Å². The molecule has 0 N–H and O–H groups in total. The lowest BCUT2D eigenvalue weighted by Gasteiger charge is -2.05. The highest BCUT2D eigenvalue weighted by molar-refractivity contribution is 4.99. The first-order valence-corrected chi connectivity index (χ1v) is 5.19. The maximum Gasteiger partial charge on any atom is -0.0288 e. The Hall–Kier alpha value is -0.260. The molecule has 0 aromatic heterocycles. The molecule has 0 saturated heterocycles. The third-order valence-electron chi connectivity index (χ3n) is 1.97. The van der Waals surface area contributed by atoms with Crippen molar-refractivity contribution in [3.05, 3.63) is 11.6 Å². The molecule has 0 aliphatic carbocycles. The van der Waals surface area contributed by atoms with E-state index in [-0.39, 0.29) is 0 Å². The lowest BCUT2D eigenvalue weighted by atomic mass is 10.0. The van der Waals surface area contributed by atoms with E-state index < -0.39 is 0 Å². The highest BCUT2D eigenvalue weighted by Crippen LogP contribution is 2.13. The molecule has 0 aliphatic rings. The van der Waals surface area contributed by atoms with Gasteiger partial charge in [0.1, 0.15) is 0 Å². The molecule has 0 nitrogen and oxygen atoms in total. The summed E-state index contributed by atoms with van der Waals surface area (Å²) in [5.41, 5.74) is 1.56. The van der Waals surface area contributed by atoms with E-state index in [9.17, 15) is 0 Å². The fraction of sp³-hybridized carbons (Fsp3) is 0.833. The van der Waals surface area contributed by atoms with Crippen molar-refractivity contribution in [1.82, 2.24) is 0 Å². The van der Waals surface area contributed by atoms with Gasteiger partial charge in [-0.3, -0.25) is 0 Å². The first kappa shape index (κ1) is 11.7. The van der Waals surface area contributed by atoms with Crippen LogP contribution in [0, 0.1) is 11.8 Å². The SMILES string of the molecule is C/C(=C\C(C)C)CCCC(C)C. The molecule has 0 saturated carbocycles. The van der Waals surface area contributed by atoms with Gasteiger partial charge in [-0.2, -0.15) is 0 Å². The van der Waals surface area contributed by atoms with Gasteiger partial charge >= 0.3 is 0 Å². The summed E-state index contributed by atoms with van der Waals surface area (Å²) in [4.78, 5) is 0. The summed E-state index contributed by atoms with van der Waals surface area (Å²) in [6, 6.07) is 0. The van der Waals surface area contributed by atoms with Crippen LogP contribution < -0.4 is 0 Å². The number of hydrogen-bond donors (Lipinski definition) is 0. The Morgan fingerprint density at radius 2 is 1.75 bits per heavy atom. The zero-order valence-corrected chi connectivity index (χ0v) is 9.35. The number of rotatable bonds is 5. The average Bonchev–Trinajstić information content (AvgIpc) is 1.84. The largest absolute Gasteiger partial charge is 0.0830 e. The molecular formula is C12H24. The summed E-state index contributed by atoms with van der Waals surface area (Å²) >= 11 is 0. The van der Waals surface area contributed by atoms with Crippen molar-refractivity contribution in [1.29, 1.82) is 0 Å². The summed E-state index contributed by atoms with van der Waals surface area (Å²) < 4.78 is 0. The Morgan fingerprint density at radius 1 is 1.17 bits per heavy atom. The van der Waals surface area contributed by atoms with E-state index in [0.29, 0.717) is 5.92 Å². The topological polar surface area (TPSA) is 0 Å². The quantitative estimate of drug-likeness (QED) is 0.533. The van der Waals surface area contributed by atoms with Crippen LogP contribution in [0.25, 0.3) is 0 Å². The second kappa shape index (κ2) is 6.28. The van der Waals surface area contributed by atoms with Gasteiger partial charge < -0.3 is 0 Å². The van der Waals surface area contributed by atoms with Gasteiger partial charge in [0.05, 0.1) is 0 Å². The first-order chi connectivity index (χ1) is 5.52. The molecule has 12 heavy (non-hydrogen) atoms. The van der Waals surface area contributed by atoms with Gasteiger partial charge in [0.2, 0.25) is 0 Å². The van der Waals surface area contributed by atoms with Crippen molar-refractivity contribution in [2.24, 2.45) is 11.8 Å².